The molecule has 2 aliphatic rings. The molecule has 1 amide bonds. The number of nitrogens with one attached hydrogen (secondary N) is 1. The maximum absolute atomic E-state index is 12.2. The number of hydrogen-bond donors (Lipinski definition) is 1. The summed E-state index contributed by atoms with van der Waals surface area (Å²) < 4.78 is 0. The van der Waals surface area contributed by atoms with Gasteiger partial charge in [-0.3, -0.25) is 9.69 Å². The number of rotatable bonds is 4. The SMILES string of the molecule is O=C(NC1CCCN(Cc2ccc3ccccc3c2)C1)C1CCC1. The normalized spacial score (nSPS) is 22.2. The van der Waals surface area contributed by atoms with Crippen LogP contribution in [-0.4, -0.2) is 29.9 Å². The fourth-order valence-electron chi connectivity index (χ4n) is 3.90. The van der Waals surface area contributed by atoms with Gasteiger partial charge in [0.25, 0.3) is 0 Å². The van der Waals surface area contributed by atoms with Crippen LogP contribution >= 0.6 is 0 Å². The van der Waals surface area contributed by atoms with Crippen molar-refractivity contribution in [3.8, 4) is 0 Å². The van der Waals surface area contributed by atoms with E-state index in [1.165, 1.54) is 29.2 Å². The van der Waals surface area contributed by atoms with E-state index in [1.807, 2.05) is 0 Å². The minimum absolute atomic E-state index is 0.291. The van der Waals surface area contributed by atoms with E-state index < -0.39 is 0 Å². The number of benzene rings is 2. The van der Waals surface area contributed by atoms with Gasteiger partial charge in [-0.1, -0.05) is 42.8 Å². The molecule has 1 aliphatic carbocycles. The van der Waals surface area contributed by atoms with Crippen LogP contribution in [0.3, 0.4) is 0 Å². The molecule has 2 fully saturated rings. The highest BCUT2D eigenvalue weighted by Gasteiger charge is 2.28. The highest BCUT2D eigenvalue weighted by Crippen LogP contribution is 2.27. The Morgan fingerprint density at radius 1 is 1.04 bits per heavy atom. The Hall–Kier alpha value is -1.87. The molecule has 126 valence electrons. The smallest absolute Gasteiger partial charge is 0.223 e. The van der Waals surface area contributed by atoms with Gasteiger partial charge in [0.2, 0.25) is 5.91 Å². The molecule has 4 rings (SSSR count). The van der Waals surface area contributed by atoms with Gasteiger partial charge in [0.1, 0.15) is 0 Å². The lowest BCUT2D eigenvalue weighted by Gasteiger charge is -2.35. The molecular formula is C21H26N2O. The van der Waals surface area contributed by atoms with Gasteiger partial charge in [-0.15, -0.1) is 0 Å². The van der Waals surface area contributed by atoms with E-state index in [0.29, 0.717) is 17.9 Å². The van der Waals surface area contributed by atoms with Crippen molar-refractivity contribution < 1.29 is 4.79 Å². The van der Waals surface area contributed by atoms with Crippen LogP contribution in [0, 0.1) is 5.92 Å². The molecule has 0 bridgehead atoms. The second-order valence-electron chi connectivity index (χ2n) is 7.39. The summed E-state index contributed by atoms with van der Waals surface area (Å²) in [6, 6.07) is 15.6. The lowest BCUT2D eigenvalue weighted by atomic mass is 9.84. The molecule has 0 aromatic heterocycles. The monoisotopic (exact) mass is 322 g/mol. The van der Waals surface area contributed by atoms with Crippen molar-refractivity contribution >= 4 is 16.7 Å². The molecule has 1 saturated carbocycles. The topological polar surface area (TPSA) is 32.3 Å². The number of carbonyl (C=O) groups is 1. The van der Waals surface area contributed by atoms with Gasteiger partial charge in [0.05, 0.1) is 0 Å². The minimum atomic E-state index is 0.291. The number of hydrogen-bond acceptors (Lipinski definition) is 2. The van der Waals surface area contributed by atoms with E-state index in [9.17, 15) is 4.79 Å². The summed E-state index contributed by atoms with van der Waals surface area (Å²) in [5.41, 5.74) is 1.36. The number of likely N-dealkylation sites (tertiary alicyclic amines) is 1. The first-order valence-electron chi connectivity index (χ1n) is 9.28. The third-order valence-electron chi connectivity index (χ3n) is 5.55. The Morgan fingerprint density at radius 2 is 1.88 bits per heavy atom. The maximum atomic E-state index is 12.2. The summed E-state index contributed by atoms with van der Waals surface area (Å²) in [6.07, 6.45) is 5.67. The summed E-state index contributed by atoms with van der Waals surface area (Å²) in [5, 5.41) is 5.89. The highest BCUT2D eigenvalue weighted by molar-refractivity contribution is 5.83. The zero-order valence-electron chi connectivity index (χ0n) is 14.2. The first-order chi connectivity index (χ1) is 11.8. The molecule has 1 heterocycles. The van der Waals surface area contributed by atoms with Crippen LogP contribution in [0.2, 0.25) is 0 Å². The fourth-order valence-corrected chi connectivity index (χ4v) is 3.90. The quantitative estimate of drug-likeness (QED) is 0.930. The Labute approximate surface area is 144 Å². The molecule has 1 unspecified atom stereocenters. The summed E-state index contributed by atoms with van der Waals surface area (Å²) in [5.74, 6) is 0.583. The summed E-state index contributed by atoms with van der Waals surface area (Å²) in [7, 11) is 0. The van der Waals surface area contributed by atoms with Gasteiger partial charge in [0.15, 0.2) is 0 Å². The van der Waals surface area contributed by atoms with Gasteiger partial charge in [-0.25, -0.2) is 0 Å². The second-order valence-corrected chi connectivity index (χ2v) is 7.39. The van der Waals surface area contributed by atoms with Crippen molar-refractivity contribution in [3.63, 3.8) is 0 Å². The third kappa shape index (κ3) is 3.46. The molecule has 1 N–H and O–H groups in total. The molecular weight excluding hydrogens is 296 g/mol. The number of carbonyl (C=O) groups excluding carboxylic acids is 1. The van der Waals surface area contributed by atoms with Crippen LogP contribution in [0.1, 0.15) is 37.7 Å². The van der Waals surface area contributed by atoms with Crippen LogP contribution in [-0.2, 0) is 11.3 Å². The zero-order valence-corrected chi connectivity index (χ0v) is 14.2. The first kappa shape index (κ1) is 15.6. The molecule has 0 spiro atoms. The van der Waals surface area contributed by atoms with Crippen LogP contribution in [0.5, 0.6) is 0 Å². The number of fused-ring (bicyclic) bond motifs is 1. The van der Waals surface area contributed by atoms with Crippen LogP contribution in [0.15, 0.2) is 42.5 Å². The predicted molar refractivity (Wildman–Crippen MR) is 97.7 cm³/mol. The van der Waals surface area contributed by atoms with E-state index in [4.69, 9.17) is 0 Å². The van der Waals surface area contributed by atoms with E-state index in [-0.39, 0.29) is 0 Å². The van der Waals surface area contributed by atoms with Crippen LogP contribution in [0.4, 0.5) is 0 Å². The Kier molecular flexibility index (Phi) is 4.52. The van der Waals surface area contributed by atoms with Crippen molar-refractivity contribution in [1.29, 1.82) is 0 Å². The van der Waals surface area contributed by atoms with Crippen molar-refractivity contribution in [2.45, 2.75) is 44.7 Å². The molecule has 1 aliphatic heterocycles. The molecule has 3 heteroatoms. The molecule has 2 aromatic carbocycles. The molecule has 2 aromatic rings. The number of amides is 1. The van der Waals surface area contributed by atoms with Crippen LogP contribution in [0.25, 0.3) is 10.8 Å². The van der Waals surface area contributed by atoms with Crippen LogP contribution < -0.4 is 5.32 Å². The molecule has 1 atom stereocenters. The fraction of sp³-hybridized carbons (Fsp3) is 0.476. The molecule has 24 heavy (non-hydrogen) atoms. The third-order valence-corrected chi connectivity index (χ3v) is 5.55. The summed E-state index contributed by atoms with van der Waals surface area (Å²) >= 11 is 0. The van der Waals surface area contributed by atoms with E-state index in [1.54, 1.807) is 0 Å². The average Bonchev–Trinajstić information content (AvgIpc) is 2.53. The lowest BCUT2D eigenvalue weighted by Crippen LogP contribution is -2.49. The Balaban J connectivity index is 1.37. The van der Waals surface area contributed by atoms with Crippen molar-refractivity contribution in [2.75, 3.05) is 13.1 Å². The van der Waals surface area contributed by atoms with Crippen molar-refractivity contribution in [2.24, 2.45) is 5.92 Å². The number of nitrogens with zero attached hydrogens (tertiary/aromatic N) is 1. The second kappa shape index (κ2) is 6.94. The highest BCUT2D eigenvalue weighted by atomic mass is 16.2. The predicted octanol–water partition coefficient (Wildman–Crippen LogP) is 3.72. The van der Waals surface area contributed by atoms with Gasteiger partial charge in [-0.2, -0.15) is 0 Å². The van der Waals surface area contributed by atoms with Gasteiger partial charge in [-0.05, 0) is 54.6 Å². The van der Waals surface area contributed by atoms with E-state index in [2.05, 4.69) is 52.7 Å². The maximum Gasteiger partial charge on any atom is 0.223 e. The summed E-state index contributed by atoms with van der Waals surface area (Å²) in [4.78, 5) is 14.7. The molecule has 1 saturated heterocycles. The van der Waals surface area contributed by atoms with E-state index in [0.717, 1.165) is 38.9 Å². The average molecular weight is 322 g/mol. The van der Waals surface area contributed by atoms with Crippen molar-refractivity contribution in [3.05, 3.63) is 48.0 Å². The Bertz CT molecular complexity index is 723. The zero-order chi connectivity index (χ0) is 16.4. The van der Waals surface area contributed by atoms with Gasteiger partial charge < -0.3 is 5.32 Å². The van der Waals surface area contributed by atoms with Gasteiger partial charge >= 0.3 is 0 Å². The number of piperidine rings is 1. The minimum Gasteiger partial charge on any atom is -0.352 e. The summed E-state index contributed by atoms with van der Waals surface area (Å²) in [6.45, 7) is 3.08. The standard InChI is InChI=1S/C21H26N2O/c24-21(18-7-3-8-18)22-20-9-4-12-23(15-20)14-16-10-11-17-5-1-2-6-19(17)13-16/h1-2,5-6,10-11,13,18,20H,3-4,7-9,12,14-15H2,(H,22,24). The van der Waals surface area contributed by atoms with Crippen molar-refractivity contribution in [1.82, 2.24) is 10.2 Å². The largest absolute Gasteiger partial charge is 0.352 e. The molecule has 0 radical (unpaired) electrons. The Morgan fingerprint density at radius 3 is 2.67 bits per heavy atom. The van der Waals surface area contributed by atoms with Gasteiger partial charge in [0, 0.05) is 25.0 Å². The molecule has 3 nitrogen and oxygen atoms in total. The van der Waals surface area contributed by atoms with E-state index >= 15 is 0 Å². The first-order valence-corrected chi connectivity index (χ1v) is 9.28. The lowest BCUT2D eigenvalue weighted by molar-refractivity contribution is -0.128.